The maximum Gasteiger partial charge on any atom is 0.253 e. The van der Waals surface area contributed by atoms with Gasteiger partial charge in [-0.05, 0) is 36.4 Å². The molecule has 0 radical (unpaired) electrons. The van der Waals surface area contributed by atoms with E-state index in [4.69, 9.17) is 0 Å². The molecule has 2 aromatic rings. The van der Waals surface area contributed by atoms with Crippen LogP contribution >= 0.6 is 0 Å². The number of para-hydroxylation sites is 1. The maximum atomic E-state index is 13.8. The van der Waals surface area contributed by atoms with Crippen molar-refractivity contribution in [1.82, 2.24) is 4.90 Å². The van der Waals surface area contributed by atoms with Gasteiger partial charge in [0.2, 0.25) is 0 Å². The van der Waals surface area contributed by atoms with Crippen molar-refractivity contribution in [3.05, 3.63) is 59.9 Å². The Morgan fingerprint density at radius 1 is 1.00 bits per heavy atom. The standard InChI is InChI=1S/C18H20FN3O/c1-20-15-8-6-14(7-9-15)18(23)22-12-10-21(11-13-22)17-5-3-2-4-16(17)19/h2-9,20H,10-13H2,1H3. The molecule has 23 heavy (non-hydrogen) atoms. The van der Waals surface area contributed by atoms with E-state index in [9.17, 15) is 9.18 Å². The number of halogens is 1. The Bertz CT molecular complexity index is 679. The SMILES string of the molecule is CNc1ccc(C(=O)N2CCN(c3ccccc3F)CC2)cc1. The quantitative estimate of drug-likeness (QED) is 0.946. The molecular formula is C18H20FN3O. The summed E-state index contributed by atoms with van der Waals surface area (Å²) in [5.74, 6) is -0.184. The minimum absolute atomic E-state index is 0.0286. The van der Waals surface area contributed by atoms with Crippen LogP contribution in [0.3, 0.4) is 0 Å². The van der Waals surface area contributed by atoms with Crippen molar-refractivity contribution in [2.45, 2.75) is 0 Å². The lowest BCUT2D eigenvalue weighted by Crippen LogP contribution is -2.49. The Morgan fingerprint density at radius 2 is 1.65 bits per heavy atom. The van der Waals surface area contributed by atoms with Crippen molar-refractivity contribution >= 4 is 17.3 Å². The number of amides is 1. The van der Waals surface area contributed by atoms with Gasteiger partial charge >= 0.3 is 0 Å². The summed E-state index contributed by atoms with van der Waals surface area (Å²) in [5, 5.41) is 3.03. The second-order valence-electron chi connectivity index (χ2n) is 5.56. The number of nitrogens with one attached hydrogen (secondary N) is 1. The number of benzene rings is 2. The Morgan fingerprint density at radius 3 is 2.26 bits per heavy atom. The second kappa shape index (κ2) is 6.69. The molecule has 1 fully saturated rings. The summed E-state index contributed by atoms with van der Waals surface area (Å²) in [5.41, 5.74) is 2.27. The second-order valence-corrected chi connectivity index (χ2v) is 5.56. The Balaban J connectivity index is 1.64. The zero-order valence-electron chi connectivity index (χ0n) is 13.1. The predicted octanol–water partition coefficient (Wildman–Crippen LogP) is 2.83. The minimum atomic E-state index is -0.213. The average molecular weight is 313 g/mol. The van der Waals surface area contributed by atoms with Gasteiger partial charge in [-0.2, -0.15) is 0 Å². The van der Waals surface area contributed by atoms with Gasteiger partial charge < -0.3 is 15.1 Å². The van der Waals surface area contributed by atoms with Crippen LogP contribution in [0.2, 0.25) is 0 Å². The molecule has 2 aromatic carbocycles. The van der Waals surface area contributed by atoms with Crippen LogP contribution in [0.5, 0.6) is 0 Å². The highest BCUT2D eigenvalue weighted by Crippen LogP contribution is 2.21. The molecular weight excluding hydrogens is 293 g/mol. The van der Waals surface area contributed by atoms with Gasteiger partial charge in [-0.15, -0.1) is 0 Å². The van der Waals surface area contributed by atoms with Gasteiger partial charge in [-0.3, -0.25) is 4.79 Å². The van der Waals surface area contributed by atoms with Crippen molar-refractivity contribution in [3.8, 4) is 0 Å². The zero-order chi connectivity index (χ0) is 16.2. The van der Waals surface area contributed by atoms with E-state index >= 15 is 0 Å². The van der Waals surface area contributed by atoms with E-state index in [-0.39, 0.29) is 11.7 Å². The van der Waals surface area contributed by atoms with E-state index in [0.29, 0.717) is 37.4 Å². The first-order valence-electron chi connectivity index (χ1n) is 7.75. The van der Waals surface area contributed by atoms with Gasteiger partial charge in [0.1, 0.15) is 5.82 Å². The fourth-order valence-corrected chi connectivity index (χ4v) is 2.82. The summed E-state index contributed by atoms with van der Waals surface area (Å²) in [6.07, 6.45) is 0. The van der Waals surface area contributed by atoms with Gasteiger partial charge in [0.15, 0.2) is 0 Å². The molecule has 4 nitrogen and oxygen atoms in total. The Labute approximate surface area is 135 Å². The van der Waals surface area contributed by atoms with Gasteiger partial charge in [0, 0.05) is 44.5 Å². The lowest BCUT2D eigenvalue weighted by atomic mass is 10.1. The number of nitrogens with zero attached hydrogens (tertiary/aromatic N) is 2. The normalized spacial score (nSPS) is 14.7. The average Bonchev–Trinajstić information content (AvgIpc) is 2.62. The fourth-order valence-electron chi connectivity index (χ4n) is 2.82. The molecule has 3 rings (SSSR count). The molecule has 1 N–H and O–H groups in total. The molecule has 1 heterocycles. The maximum absolute atomic E-state index is 13.8. The van der Waals surface area contributed by atoms with Crippen molar-refractivity contribution in [2.75, 3.05) is 43.4 Å². The number of carbonyl (C=O) groups excluding carboxylic acids is 1. The van der Waals surface area contributed by atoms with Crippen LogP contribution in [-0.4, -0.2) is 44.0 Å². The molecule has 0 spiro atoms. The van der Waals surface area contributed by atoms with Crippen LogP contribution in [0, 0.1) is 5.82 Å². The first kappa shape index (κ1) is 15.3. The van der Waals surface area contributed by atoms with E-state index in [1.807, 2.05) is 47.2 Å². The number of rotatable bonds is 3. The van der Waals surface area contributed by atoms with Gasteiger partial charge in [0.25, 0.3) is 5.91 Å². The van der Waals surface area contributed by atoms with Crippen LogP contribution in [0.25, 0.3) is 0 Å². The molecule has 120 valence electrons. The summed E-state index contributed by atoms with van der Waals surface area (Å²) in [7, 11) is 1.85. The number of hydrogen-bond donors (Lipinski definition) is 1. The molecule has 5 heteroatoms. The molecule has 1 aliphatic rings. The molecule has 0 aliphatic carbocycles. The first-order chi connectivity index (χ1) is 11.2. The third kappa shape index (κ3) is 3.28. The minimum Gasteiger partial charge on any atom is -0.388 e. The van der Waals surface area contributed by atoms with Crippen LogP contribution in [0.4, 0.5) is 15.8 Å². The van der Waals surface area contributed by atoms with E-state index in [2.05, 4.69) is 5.32 Å². The van der Waals surface area contributed by atoms with E-state index in [1.54, 1.807) is 12.1 Å². The van der Waals surface area contributed by atoms with Crippen molar-refractivity contribution < 1.29 is 9.18 Å². The van der Waals surface area contributed by atoms with E-state index in [0.717, 1.165) is 5.69 Å². The fraction of sp³-hybridized carbons (Fsp3) is 0.278. The van der Waals surface area contributed by atoms with Crippen molar-refractivity contribution in [1.29, 1.82) is 0 Å². The van der Waals surface area contributed by atoms with E-state index < -0.39 is 0 Å². The number of piperazine rings is 1. The van der Waals surface area contributed by atoms with Crippen LogP contribution in [0.15, 0.2) is 48.5 Å². The lowest BCUT2D eigenvalue weighted by molar-refractivity contribution is 0.0746. The van der Waals surface area contributed by atoms with Crippen LogP contribution in [0.1, 0.15) is 10.4 Å². The third-order valence-electron chi connectivity index (χ3n) is 4.18. The summed E-state index contributed by atoms with van der Waals surface area (Å²) in [6, 6.07) is 14.2. The molecule has 1 saturated heterocycles. The highest BCUT2D eigenvalue weighted by molar-refractivity contribution is 5.94. The topological polar surface area (TPSA) is 35.6 Å². The molecule has 0 atom stereocenters. The van der Waals surface area contributed by atoms with Gasteiger partial charge in [0.05, 0.1) is 5.69 Å². The van der Waals surface area contributed by atoms with Crippen molar-refractivity contribution in [2.24, 2.45) is 0 Å². The van der Waals surface area contributed by atoms with Crippen molar-refractivity contribution in [3.63, 3.8) is 0 Å². The highest BCUT2D eigenvalue weighted by atomic mass is 19.1. The van der Waals surface area contributed by atoms with Crippen LogP contribution in [-0.2, 0) is 0 Å². The van der Waals surface area contributed by atoms with E-state index in [1.165, 1.54) is 6.07 Å². The summed E-state index contributed by atoms with van der Waals surface area (Å²) < 4.78 is 13.8. The van der Waals surface area contributed by atoms with Crippen LogP contribution < -0.4 is 10.2 Å². The third-order valence-corrected chi connectivity index (χ3v) is 4.18. The predicted molar refractivity (Wildman–Crippen MR) is 90.5 cm³/mol. The largest absolute Gasteiger partial charge is 0.388 e. The number of hydrogen-bond acceptors (Lipinski definition) is 3. The van der Waals surface area contributed by atoms with Gasteiger partial charge in [-0.25, -0.2) is 4.39 Å². The summed E-state index contributed by atoms with van der Waals surface area (Å²) in [4.78, 5) is 16.3. The lowest BCUT2D eigenvalue weighted by Gasteiger charge is -2.36. The molecule has 0 unspecified atom stereocenters. The van der Waals surface area contributed by atoms with Gasteiger partial charge in [-0.1, -0.05) is 12.1 Å². The Kier molecular flexibility index (Phi) is 4.46. The number of anilines is 2. The monoisotopic (exact) mass is 313 g/mol. The molecule has 1 amide bonds. The summed E-state index contributed by atoms with van der Waals surface area (Å²) in [6.45, 7) is 2.48. The highest BCUT2D eigenvalue weighted by Gasteiger charge is 2.23. The molecule has 0 bridgehead atoms. The number of carbonyl (C=O) groups is 1. The first-order valence-corrected chi connectivity index (χ1v) is 7.75. The smallest absolute Gasteiger partial charge is 0.253 e. The molecule has 1 aliphatic heterocycles. The summed E-state index contributed by atoms with van der Waals surface area (Å²) >= 11 is 0. The molecule has 0 saturated carbocycles. The molecule has 0 aromatic heterocycles. The Hall–Kier alpha value is -2.56. The zero-order valence-corrected chi connectivity index (χ0v) is 13.1.